The molecule has 0 aliphatic heterocycles. The fraction of sp³-hybridized carbons (Fsp3) is 0.250. The zero-order valence-electron chi connectivity index (χ0n) is 11.6. The highest BCUT2D eigenvalue weighted by molar-refractivity contribution is 9.10. The standard InChI is InChI=1S/C16H16BrClO3/c1-20-8-9-21-15-5-3-2-4-13(15)16(19)12-7-6-11(18)10-14(12)17/h2-7,10,16,19H,8-9H2,1H3. The normalized spacial score (nSPS) is 12.2. The molecule has 2 aromatic rings. The first kappa shape index (κ1) is 16.3. The smallest absolute Gasteiger partial charge is 0.125 e. The Morgan fingerprint density at radius 2 is 1.90 bits per heavy atom. The highest BCUT2D eigenvalue weighted by Gasteiger charge is 2.18. The van der Waals surface area contributed by atoms with E-state index in [1.807, 2.05) is 24.3 Å². The third-order valence-corrected chi connectivity index (χ3v) is 3.94. The van der Waals surface area contributed by atoms with E-state index in [-0.39, 0.29) is 0 Å². The summed E-state index contributed by atoms with van der Waals surface area (Å²) in [6.07, 6.45) is -0.796. The average molecular weight is 372 g/mol. The number of halogens is 2. The average Bonchev–Trinajstić information content (AvgIpc) is 2.47. The molecule has 3 nitrogen and oxygen atoms in total. The summed E-state index contributed by atoms with van der Waals surface area (Å²) in [6.45, 7) is 0.928. The molecule has 0 radical (unpaired) electrons. The maximum atomic E-state index is 10.6. The van der Waals surface area contributed by atoms with Crippen LogP contribution in [0.2, 0.25) is 5.02 Å². The predicted octanol–water partition coefficient (Wildman–Crippen LogP) is 4.21. The van der Waals surface area contributed by atoms with Crippen LogP contribution in [-0.2, 0) is 4.74 Å². The summed E-state index contributed by atoms with van der Waals surface area (Å²) in [5.41, 5.74) is 1.44. The molecule has 0 aliphatic carbocycles. The van der Waals surface area contributed by atoms with Crippen LogP contribution in [0.3, 0.4) is 0 Å². The van der Waals surface area contributed by atoms with Crippen LogP contribution in [-0.4, -0.2) is 25.4 Å². The molecule has 1 N–H and O–H groups in total. The van der Waals surface area contributed by atoms with Gasteiger partial charge in [-0.05, 0) is 23.8 Å². The lowest BCUT2D eigenvalue weighted by Gasteiger charge is -2.17. The fourth-order valence-electron chi connectivity index (χ4n) is 1.96. The van der Waals surface area contributed by atoms with Gasteiger partial charge in [0.05, 0.1) is 6.61 Å². The lowest BCUT2D eigenvalue weighted by atomic mass is 10.0. The van der Waals surface area contributed by atoms with E-state index < -0.39 is 6.10 Å². The third kappa shape index (κ3) is 4.20. The Hall–Kier alpha value is -1.07. The van der Waals surface area contributed by atoms with Crippen molar-refractivity contribution in [3.8, 4) is 5.75 Å². The van der Waals surface area contributed by atoms with Crippen molar-refractivity contribution in [3.05, 3.63) is 63.1 Å². The van der Waals surface area contributed by atoms with Gasteiger partial charge in [-0.25, -0.2) is 0 Å². The summed E-state index contributed by atoms with van der Waals surface area (Å²) in [5, 5.41) is 11.2. The van der Waals surface area contributed by atoms with Crippen LogP contribution >= 0.6 is 27.5 Å². The maximum absolute atomic E-state index is 10.6. The molecule has 0 fully saturated rings. The minimum Gasteiger partial charge on any atom is -0.491 e. The Kier molecular flexibility index (Phi) is 6.06. The number of para-hydroxylation sites is 1. The molecule has 2 rings (SSSR count). The molecule has 0 spiro atoms. The van der Waals surface area contributed by atoms with Crippen LogP contribution in [0.1, 0.15) is 17.2 Å². The van der Waals surface area contributed by atoms with Crippen molar-refractivity contribution in [2.24, 2.45) is 0 Å². The molecule has 0 saturated carbocycles. The van der Waals surface area contributed by atoms with E-state index in [4.69, 9.17) is 21.1 Å². The van der Waals surface area contributed by atoms with Crippen LogP contribution in [0.5, 0.6) is 5.75 Å². The molecular weight excluding hydrogens is 356 g/mol. The molecule has 0 heterocycles. The van der Waals surface area contributed by atoms with Gasteiger partial charge < -0.3 is 14.6 Å². The lowest BCUT2D eigenvalue weighted by molar-refractivity contribution is 0.142. The highest BCUT2D eigenvalue weighted by atomic mass is 79.9. The monoisotopic (exact) mass is 370 g/mol. The van der Waals surface area contributed by atoms with Gasteiger partial charge in [-0.3, -0.25) is 0 Å². The summed E-state index contributed by atoms with van der Waals surface area (Å²) in [7, 11) is 1.62. The molecule has 2 aromatic carbocycles. The fourth-order valence-corrected chi connectivity index (χ4v) is 2.86. The molecule has 0 saturated heterocycles. The van der Waals surface area contributed by atoms with Crippen molar-refractivity contribution < 1.29 is 14.6 Å². The van der Waals surface area contributed by atoms with E-state index in [1.54, 1.807) is 25.3 Å². The van der Waals surface area contributed by atoms with E-state index in [1.165, 1.54) is 0 Å². The molecule has 5 heteroatoms. The van der Waals surface area contributed by atoms with Gasteiger partial charge in [0.1, 0.15) is 18.5 Å². The molecular formula is C16H16BrClO3. The first-order chi connectivity index (χ1) is 10.1. The van der Waals surface area contributed by atoms with E-state index in [2.05, 4.69) is 15.9 Å². The van der Waals surface area contributed by atoms with Crippen molar-refractivity contribution >= 4 is 27.5 Å². The predicted molar refractivity (Wildman–Crippen MR) is 87.0 cm³/mol. The van der Waals surface area contributed by atoms with E-state index in [9.17, 15) is 5.11 Å². The Bertz CT molecular complexity index is 604. The molecule has 0 amide bonds. The topological polar surface area (TPSA) is 38.7 Å². The van der Waals surface area contributed by atoms with Crippen molar-refractivity contribution in [1.29, 1.82) is 0 Å². The number of aliphatic hydroxyl groups excluding tert-OH is 1. The quantitative estimate of drug-likeness (QED) is 0.773. The van der Waals surface area contributed by atoms with Gasteiger partial charge in [-0.1, -0.05) is 51.8 Å². The highest BCUT2D eigenvalue weighted by Crippen LogP contribution is 2.34. The van der Waals surface area contributed by atoms with Crippen molar-refractivity contribution in [3.63, 3.8) is 0 Å². The van der Waals surface area contributed by atoms with E-state index >= 15 is 0 Å². The molecule has 112 valence electrons. The van der Waals surface area contributed by atoms with Crippen LogP contribution in [0.25, 0.3) is 0 Å². The van der Waals surface area contributed by atoms with Gasteiger partial charge in [0.2, 0.25) is 0 Å². The number of ether oxygens (including phenoxy) is 2. The van der Waals surface area contributed by atoms with E-state index in [0.29, 0.717) is 29.5 Å². The Balaban J connectivity index is 2.27. The largest absolute Gasteiger partial charge is 0.491 e. The summed E-state index contributed by atoms with van der Waals surface area (Å²) in [6, 6.07) is 12.7. The molecule has 1 unspecified atom stereocenters. The third-order valence-electron chi connectivity index (χ3n) is 3.02. The first-order valence-electron chi connectivity index (χ1n) is 6.47. The minimum atomic E-state index is -0.796. The second-order valence-electron chi connectivity index (χ2n) is 4.45. The Morgan fingerprint density at radius 1 is 1.14 bits per heavy atom. The van der Waals surface area contributed by atoms with Crippen molar-refractivity contribution in [2.45, 2.75) is 6.10 Å². The molecule has 0 aromatic heterocycles. The SMILES string of the molecule is COCCOc1ccccc1C(O)c1ccc(Cl)cc1Br. The lowest BCUT2D eigenvalue weighted by Crippen LogP contribution is -2.08. The number of benzene rings is 2. The second kappa shape index (κ2) is 7.80. The second-order valence-corrected chi connectivity index (χ2v) is 5.74. The van der Waals surface area contributed by atoms with E-state index in [0.717, 1.165) is 10.0 Å². The van der Waals surface area contributed by atoms with Crippen LogP contribution in [0.15, 0.2) is 46.9 Å². The summed E-state index contributed by atoms with van der Waals surface area (Å²) in [4.78, 5) is 0. The number of hydrogen-bond donors (Lipinski definition) is 1. The number of aliphatic hydroxyl groups is 1. The van der Waals surface area contributed by atoms with Crippen molar-refractivity contribution in [1.82, 2.24) is 0 Å². The van der Waals surface area contributed by atoms with Gasteiger partial charge in [0.15, 0.2) is 0 Å². The first-order valence-corrected chi connectivity index (χ1v) is 7.64. The number of methoxy groups -OCH3 is 1. The van der Waals surface area contributed by atoms with Gasteiger partial charge in [-0.15, -0.1) is 0 Å². The molecule has 1 atom stereocenters. The van der Waals surface area contributed by atoms with Crippen LogP contribution in [0, 0.1) is 0 Å². The molecule has 0 aliphatic rings. The number of hydrogen-bond acceptors (Lipinski definition) is 3. The Morgan fingerprint density at radius 3 is 2.62 bits per heavy atom. The van der Waals surface area contributed by atoms with Gasteiger partial charge in [-0.2, -0.15) is 0 Å². The maximum Gasteiger partial charge on any atom is 0.125 e. The summed E-state index contributed by atoms with van der Waals surface area (Å²) < 4.78 is 11.4. The van der Waals surface area contributed by atoms with Gasteiger partial charge in [0.25, 0.3) is 0 Å². The number of rotatable bonds is 6. The zero-order valence-corrected chi connectivity index (χ0v) is 13.9. The molecule has 21 heavy (non-hydrogen) atoms. The summed E-state index contributed by atoms with van der Waals surface area (Å²) in [5.74, 6) is 0.643. The van der Waals surface area contributed by atoms with Crippen LogP contribution in [0.4, 0.5) is 0 Å². The zero-order chi connectivity index (χ0) is 15.2. The van der Waals surface area contributed by atoms with Crippen LogP contribution < -0.4 is 4.74 Å². The Labute approximate surface area is 137 Å². The van der Waals surface area contributed by atoms with Crippen molar-refractivity contribution in [2.75, 3.05) is 20.3 Å². The minimum absolute atomic E-state index is 0.433. The van der Waals surface area contributed by atoms with Gasteiger partial charge >= 0.3 is 0 Å². The van der Waals surface area contributed by atoms with Gasteiger partial charge in [0, 0.05) is 22.2 Å². The molecule has 0 bridgehead atoms. The summed E-state index contributed by atoms with van der Waals surface area (Å²) >= 11 is 9.36.